The van der Waals surface area contributed by atoms with Crippen molar-refractivity contribution in [1.29, 1.82) is 0 Å². The van der Waals surface area contributed by atoms with Crippen LogP contribution in [-0.4, -0.2) is 29.7 Å². The maximum absolute atomic E-state index is 13.9. The normalized spacial score (nSPS) is 18.0. The first kappa shape index (κ1) is 14.1. The number of ether oxygens (including phenoxy) is 1. The summed E-state index contributed by atoms with van der Waals surface area (Å²) in [6.45, 7) is 2.11. The minimum absolute atomic E-state index is 0.313. The summed E-state index contributed by atoms with van der Waals surface area (Å²) >= 11 is 5.72. The molecule has 110 valence electrons. The van der Waals surface area contributed by atoms with Gasteiger partial charge in [0, 0.05) is 37.6 Å². The Morgan fingerprint density at radius 3 is 2.95 bits per heavy atom. The zero-order valence-electron chi connectivity index (χ0n) is 11.4. The highest BCUT2D eigenvalue weighted by molar-refractivity contribution is 6.30. The van der Waals surface area contributed by atoms with E-state index in [0.717, 1.165) is 25.3 Å². The number of aromatic nitrogens is 2. The van der Waals surface area contributed by atoms with Gasteiger partial charge in [-0.25, -0.2) is 9.37 Å². The average molecular weight is 308 g/mol. The molecule has 0 N–H and O–H groups in total. The molecule has 0 aliphatic carbocycles. The molecule has 1 aliphatic heterocycles. The van der Waals surface area contributed by atoms with E-state index in [1.807, 2.05) is 17.0 Å². The van der Waals surface area contributed by atoms with Crippen LogP contribution in [0.5, 0.6) is 5.75 Å². The summed E-state index contributed by atoms with van der Waals surface area (Å²) in [6, 6.07) is 4.95. The van der Waals surface area contributed by atoms with Crippen molar-refractivity contribution in [2.75, 3.05) is 24.6 Å². The third-order valence-corrected chi connectivity index (χ3v) is 3.72. The number of hydrogen-bond donors (Lipinski definition) is 0. The van der Waals surface area contributed by atoms with E-state index in [2.05, 4.69) is 9.97 Å². The highest BCUT2D eigenvalue weighted by Crippen LogP contribution is 2.26. The monoisotopic (exact) mass is 307 g/mol. The first-order valence-electron chi connectivity index (χ1n) is 6.81. The molecule has 0 saturated carbocycles. The van der Waals surface area contributed by atoms with Crippen LogP contribution >= 0.6 is 11.6 Å². The summed E-state index contributed by atoms with van der Waals surface area (Å²) in [5, 5.41) is 0.313. The second kappa shape index (κ2) is 6.26. The molecule has 21 heavy (non-hydrogen) atoms. The number of anilines is 1. The van der Waals surface area contributed by atoms with Crippen LogP contribution in [0.1, 0.15) is 6.42 Å². The SMILES string of the molecule is Fc1cc(Cl)cnc1N1CCC(COc2ccncc2)C1. The Bertz CT molecular complexity index is 611. The van der Waals surface area contributed by atoms with Crippen molar-refractivity contribution in [2.45, 2.75) is 6.42 Å². The molecule has 2 aromatic heterocycles. The second-order valence-corrected chi connectivity index (χ2v) is 5.49. The standard InChI is InChI=1S/C15H15ClFN3O/c16-12-7-14(17)15(19-8-12)20-6-3-11(9-20)10-21-13-1-4-18-5-2-13/h1-2,4-5,7-8,11H,3,6,9-10H2. The topological polar surface area (TPSA) is 38.2 Å². The zero-order chi connectivity index (χ0) is 14.7. The number of pyridine rings is 2. The molecule has 2 aromatic rings. The van der Waals surface area contributed by atoms with E-state index in [1.165, 1.54) is 12.3 Å². The van der Waals surface area contributed by atoms with Crippen molar-refractivity contribution in [3.8, 4) is 5.75 Å². The molecule has 0 aromatic carbocycles. The predicted molar refractivity (Wildman–Crippen MR) is 79.3 cm³/mol. The molecule has 0 bridgehead atoms. The first-order chi connectivity index (χ1) is 10.2. The van der Waals surface area contributed by atoms with Gasteiger partial charge in [-0.15, -0.1) is 0 Å². The van der Waals surface area contributed by atoms with E-state index >= 15 is 0 Å². The van der Waals surface area contributed by atoms with Crippen LogP contribution in [0.25, 0.3) is 0 Å². The minimum Gasteiger partial charge on any atom is -0.493 e. The lowest BCUT2D eigenvalue weighted by atomic mass is 10.1. The predicted octanol–water partition coefficient (Wildman–Crippen LogP) is 3.17. The van der Waals surface area contributed by atoms with Gasteiger partial charge in [0.05, 0.1) is 11.6 Å². The van der Waals surface area contributed by atoms with Gasteiger partial charge < -0.3 is 9.64 Å². The molecule has 3 heterocycles. The maximum atomic E-state index is 13.9. The number of hydrogen-bond acceptors (Lipinski definition) is 4. The van der Waals surface area contributed by atoms with Crippen LogP contribution in [0.4, 0.5) is 10.2 Å². The number of rotatable bonds is 4. The van der Waals surface area contributed by atoms with Gasteiger partial charge in [-0.3, -0.25) is 4.98 Å². The van der Waals surface area contributed by atoms with E-state index in [9.17, 15) is 4.39 Å². The van der Waals surface area contributed by atoms with Crippen molar-refractivity contribution in [2.24, 2.45) is 5.92 Å². The molecule has 4 nitrogen and oxygen atoms in total. The van der Waals surface area contributed by atoms with Crippen LogP contribution in [-0.2, 0) is 0 Å². The summed E-state index contributed by atoms with van der Waals surface area (Å²) in [4.78, 5) is 9.96. The zero-order valence-corrected chi connectivity index (χ0v) is 12.1. The van der Waals surface area contributed by atoms with E-state index in [0.29, 0.717) is 23.4 Å². The molecule has 1 fully saturated rings. The van der Waals surface area contributed by atoms with Gasteiger partial charge in [0.25, 0.3) is 0 Å². The van der Waals surface area contributed by atoms with Crippen LogP contribution in [0, 0.1) is 11.7 Å². The fourth-order valence-corrected chi connectivity index (χ4v) is 2.59. The smallest absolute Gasteiger partial charge is 0.167 e. The van der Waals surface area contributed by atoms with Crippen LogP contribution in [0.3, 0.4) is 0 Å². The van der Waals surface area contributed by atoms with Gasteiger partial charge in [0.1, 0.15) is 5.75 Å². The fourth-order valence-electron chi connectivity index (χ4n) is 2.45. The largest absolute Gasteiger partial charge is 0.493 e. The molecular weight excluding hydrogens is 293 g/mol. The Hall–Kier alpha value is -1.88. The van der Waals surface area contributed by atoms with E-state index in [-0.39, 0.29) is 5.82 Å². The summed E-state index contributed by atoms with van der Waals surface area (Å²) in [5.74, 6) is 1.15. The number of halogens is 2. The lowest BCUT2D eigenvalue weighted by Crippen LogP contribution is -2.23. The van der Waals surface area contributed by atoms with Gasteiger partial charge in [0.2, 0.25) is 0 Å². The molecule has 0 spiro atoms. The van der Waals surface area contributed by atoms with Crippen molar-refractivity contribution in [3.05, 3.63) is 47.6 Å². The lowest BCUT2D eigenvalue weighted by molar-refractivity contribution is 0.261. The molecular formula is C15H15ClFN3O. The van der Waals surface area contributed by atoms with Crippen molar-refractivity contribution >= 4 is 17.4 Å². The van der Waals surface area contributed by atoms with Crippen molar-refractivity contribution < 1.29 is 9.13 Å². The van der Waals surface area contributed by atoms with Gasteiger partial charge in [-0.05, 0) is 24.6 Å². The summed E-state index contributed by atoms with van der Waals surface area (Å²) in [7, 11) is 0. The third-order valence-electron chi connectivity index (χ3n) is 3.51. The van der Waals surface area contributed by atoms with Crippen LogP contribution < -0.4 is 9.64 Å². The summed E-state index contributed by atoms with van der Waals surface area (Å²) < 4.78 is 19.6. The highest BCUT2D eigenvalue weighted by atomic mass is 35.5. The Kier molecular flexibility index (Phi) is 4.20. The maximum Gasteiger partial charge on any atom is 0.167 e. The van der Waals surface area contributed by atoms with Gasteiger partial charge in [-0.1, -0.05) is 11.6 Å². The minimum atomic E-state index is -0.377. The molecule has 1 atom stereocenters. The Morgan fingerprint density at radius 1 is 1.38 bits per heavy atom. The van der Waals surface area contributed by atoms with E-state index in [4.69, 9.17) is 16.3 Å². The Balaban J connectivity index is 1.58. The quantitative estimate of drug-likeness (QED) is 0.869. The molecule has 1 aliphatic rings. The summed E-state index contributed by atoms with van der Waals surface area (Å²) in [5.41, 5.74) is 0. The summed E-state index contributed by atoms with van der Waals surface area (Å²) in [6.07, 6.45) is 5.82. The molecule has 0 radical (unpaired) electrons. The Morgan fingerprint density at radius 2 is 2.19 bits per heavy atom. The Labute approximate surface area is 127 Å². The van der Waals surface area contributed by atoms with Crippen molar-refractivity contribution in [3.63, 3.8) is 0 Å². The second-order valence-electron chi connectivity index (χ2n) is 5.05. The van der Waals surface area contributed by atoms with Crippen LogP contribution in [0.15, 0.2) is 36.8 Å². The van der Waals surface area contributed by atoms with Gasteiger partial charge in [-0.2, -0.15) is 0 Å². The van der Waals surface area contributed by atoms with E-state index < -0.39 is 0 Å². The molecule has 0 amide bonds. The van der Waals surface area contributed by atoms with Gasteiger partial charge >= 0.3 is 0 Å². The molecule has 6 heteroatoms. The van der Waals surface area contributed by atoms with Gasteiger partial charge in [0.15, 0.2) is 11.6 Å². The lowest BCUT2D eigenvalue weighted by Gasteiger charge is -2.18. The van der Waals surface area contributed by atoms with Crippen LogP contribution in [0.2, 0.25) is 5.02 Å². The van der Waals surface area contributed by atoms with E-state index in [1.54, 1.807) is 12.4 Å². The van der Waals surface area contributed by atoms with Crippen molar-refractivity contribution in [1.82, 2.24) is 9.97 Å². The highest BCUT2D eigenvalue weighted by Gasteiger charge is 2.26. The number of nitrogens with zero attached hydrogens (tertiary/aromatic N) is 3. The average Bonchev–Trinajstić information content (AvgIpc) is 2.95. The third kappa shape index (κ3) is 3.42. The fraction of sp³-hybridized carbons (Fsp3) is 0.333. The first-order valence-corrected chi connectivity index (χ1v) is 7.19. The molecule has 1 saturated heterocycles. The molecule has 3 rings (SSSR count). The molecule has 1 unspecified atom stereocenters.